The minimum absolute atomic E-state index is 0.110. The van der Waals surface area contributed by atoms with Crippen molar-refractivity contribution in [1.82, 2.24) is 0 Å². The predicted octanol–water partition coefficient (Wildman–Crippen LogP) is 6.29. The Morgan fingerprint density at radius 1 is 0.958 bits per heavy atom. The Bertz CT molecular complexity index is 477. The molecule has 1 fully saturated rings. The van der Waals surface area contributed by atoms with Crippen LogP contribution in [-0.2, 0) is 4.79 Å². The van der Waals surface area contributed by atoms with Crippen molar-refractivity contribution in [2.75, 3.05) is 6.61 Å². The lowest BCUT2D eigenvalue weighted by Crippen LogP contribution is -2.21. The Morgan fingerprint density at radius 2 is 1.62 bits per heavy atom. The highest BCUT2D eigenvalue weighted by molar-refractivity contribution is 5.86. The molecule has 2 atom stereocenters. The third-order valence-corrected chi connectivity index (χ3v) is 5.19. The molecule has 24 heavy (non-hydrogen) atoms. The second kappa shape index (κ2) is 10.5. The second-order valence-corrected chi connectivity index (χ2v) is 7.44. The van der Waals surface area contributed by atoms with E-state index in [1.54, 1.807) is 0 Å². The molecule has 0 spiro atoms. The number of hydrogen-bond acceptors (Lipinski definition) is 2. The van der Waals surface area contributed by atoms with Gasteiger partial charge < -0.3 is 4.74 Å². The predicted molar refractivity (Wildman–Crippen MR) is 101 cm³/mol. The van der Waals surface area contributed by atoms with Crippen LogP contribution in [0.2, 0.25) is 0 Å². The van der Waals surface area contributed by atoms with Crippen molar-refractivity contribution in [1.29, 1.82) is 0 Å². The van der Waals surface area contributed by atoms with Crippen molar-refractivity contribution in [3.8, 4) is 5.75 Å². The smallest absolute Gasteiger partial charge is 0.140 e. The topological polar surface area (TPSA) is 26.3 Å². The summed E-state index contributed by atoms with van der Waals surface area (Å²) in [6.45, 7) is 5.23. The van der Waals surface area contributed by atoms with E-state index in [1.807, 2.05) is 12.1 Å². The number of carbonyl (C=O) groups is 1. The fourth-order valence-electron chi connectivity index (χ4n) is 3.60. The molecule has 0 amide bonds. The van der Waals surface area contributed by atoms with E-state index in [1.165, 1.54) is 38.5 Å². The van der Waals surface area contributed by atoms with E-state index >= 15 is 0 Å². The number of Topliss-reactive ketones (excluding diaryl/α,β-unsaturated/α-hetero) is 1. The van der Waals surface area contributed by atoms with Crippen LogP contribution >= 0.6 is 0 Å². The third kappa shape index (κ3) is 6.30. The minimum atomic E-state index is 0.110. The Morgan fingerprint density at radius 3 is 2.29 bits per heavy atom. The van der Waals surface area contributed by atoms with Crippen molar-refractivity contribution in [2.45, 2.75) is 84.0 Å². The molecule has 1 aromatic carbocycles. The van der Waals surface area contributed by atoms with E-state index in [0.717, 1.165) is 43.6 Å². The molecule has 134 valence electrons. The molecule has 1 aromatic rings. The molecule has 2 heteroatoms. The first kappa shape index (κ1) is 19.0. The van der Waals surface area contributed by atoms with E-state index in [-0.39, 0.29) is 5.92 Å². The van der Waals surface area contributed by atoms with E-state index in [2.05, 4.69) is 26.0 Å². The molecule has 0 aliphatic heterocycles. The maximum absolute atomic E-state index is 12.2. The molecule has 2 rings (SSSR count). The quantitative estimate of drug-likeness (QED) is 0.471. The second-order valence-electron chi connectivity index (χ2n) is 7.44. The number of carbonyl (C=O) groups excluding carboxylic acids is 1. The van der Waals surface area contributed by atoms with Gasteiger partial charge in [-0.2, -0.15) is 0 Å². The van der Waals surface area contributed by atoms with Gasteiger partial charge in [0, 0.05) is 12.3 Å². The van der Waals surface area contributed by atoms with Gasteiger partial charge in [-0.05, 0) is 42.9 Å². The van der Waals surface area contributed by atoms with Gasteiger partial charge in [0.25, 0.3) is 0 Å². The lowest BCUT2D eigenvalue weighted by molar-refractivity contribution is -0.123. The van der Waals surface area contributed by atoms with Gasteiger partial charge in [-0.1, -0.05) is 64.5 Å². The highest BCUT2D eigenvalue weighted by Crippen LogP contribution is 2.33. The largest absolute Gasteiger partial charge is 0.494 e. The summed E-state index contributed by atoms with van der Waals surface area (Å²) in [4.78, 5) is 12.2. The summed E-state index contributed by atoms with van der Waals surface area (Å²) >= 11 is 0. The number of ketones is 1. The molecule has 0 bridgehead atoms. The van der Waals surface area contributed by atoms with E-state index in [0.29, 0.717) is 11.7 Å². The molecule has 0 aromatic heterocycles. The van der Waals surface area contributed by atoms with E-state index in [4.69, 9.17) is 4.74 Å². The van der Waals surface area contributed by atoms with Crippen molar-refractivity contribution in [3.63, 3.8) is 0 Å². The molecule has 1 aliphatic rings. The summed E-state index contributed by atoms with van der Waals surface area (Å²) in [5.41, 5.74) is 1.16. The lowest BCUT2D eigenvalue weighted by Gasteiger charge is -2.25. The Labute approximate surface area is 148 Å². The normalized spacial score (nSPS) is 21.0. The van der Waals surface area contributed by atoms with E-state index in [9.17, 15) is 4.79 Å². The first-order valence-corrected chi connectivity index (χ1v) is 9.96. The first-order valence-electron chi connectivity index (χ1n) is 9.96. The zero-order chi connectivity index (χ0) is 17.2. The van der Waals surface area contributed by atoms with Gasteiger partial charge in [-0.25, -0.2) is 0 Å². The first-order chi connectivity index (χ1) is 11.7. The standard InChI is InChI=1S/C22H34O2/c1-3-4-5-6-7-8-9-16-24-20-13-11-19(12-14-20)21-15-10-18(2)17-22(21)23/h11-14,18,21H,3-10,15-17H2,1-2H3. The average Bonchev–Trinajstić information content (AvgIpc) is 2.58. The van der Waals surface area contributed by atoms with Crippen molar-refractivity contribution >= 4 is 5.78 Å². The van der Waals surface area contributed by atoms with Crippen LogP contribution in [0.5, 0.6) is 5.75 Å². The molecule has 0 saturated heterocycles. The number of benzene rings is 1. The third-order valence-electron chi connectivity index (χ3n) is 5.19. The number of ether oxygens (including phenoxy) is 1. The van der Waals surface area contributed by atoms with Gasteiger partial charge in [-0.3, -0.25) is 4.79 Å². The molecule has 1 aliphatic carbocycles. The summed E-state index contributed by atoms with van der Waals surface area (Å²) < 4.78 is 5.84. The Kier molecular flexibility index (Phi) is 8.35. The number of unbranched alkanes of at least 4 members (excludes halogenated alkanes) is 6. The highest BCUT2D eigenvalue weighted by atomic mass is 16.5. The summed E-state index contributed by atoms with van der Waals surface area (Å²) in [6, 6.07) is 8.22. The van der Waals surface area contributed by atoms with Crippen LogP contribution in [0, 0.1) is 5.92 Å². The molecule has 0 heterocycles. The molecule has 2 nitrogen and oxygen atoms in total. The van der Waals surface area contributed by atoms with E-state index < -0.39 is 0 Å². The van der Waals surface area contributed by atoms with Crippen molar-refractivity contribution in [3.05, 3.63) is 29.8 Å². The molecule has 1 saturated carbocycles. The van der Waals surface area contributed by atoms with Crippen molar-refractivity contribution < 1.29 is 9.53 Å². The number of rotatable bonds is 10. The Hall–Kier alpha value is -1.31. The molecular weight excluding hydrogens is 296 g/mol. The van der Waals surface area contributed by atoms with Crippen LogP contribution < -0.4 is 4.74 Å². The lowest BCUT2D eigenvalue weighted by atomic mass is 9.78. The zero-order valence-electron chi connectivity index (χ0n) is 15.6. The fraction of sp³-hybridized carbons (Fsp3) is 0.682. The maximum atomic E-state index is 12.2. The van der Waals surface area contributed by atoms with Crippen LogP contribution in [0.4, 0.5) is 0 Å². The monoisotopic (exact) mass is 330 g/mol. The molecule has 2 unspecified atom stereocenters. The SMILES string of the molecule is CCCCCCCCCOc1ccc(C2CCC(C)CC2=O)cc1. The van der Waals surface area contributed by atoms with Crippen molar-refractivity contribution in [2.24, 2.45) is 5.92 Å². The molecule has 0 radical (unpaired) electrons. The van der Waals surface area contributed by atoms with Gasteiger partial charge in [0.05, 0.1) is 6.61 Å². The van der Waals surface area contributed by atoms with Crippen LogP contribution in [0.3, 0.4) is 0 Å². The summed E-state index contributed by atoms with van der Waals surface area (Å²) in [5, 5.41) is 0. The Balaban J connectivity index is 1.66. The van der Waals surface area contributed by atoms with Crippen LogP contribution in [0.25, 0.3) is 0 Å². The van der Waals surface area contributed by atoms with Gasteiger partial charge in [0.1, 0.15) is 11.5 Å². The summed E-state index contributed by atoms with van der Waals surface area (Å²) in [5.74, 6) is 2.00. The van der Waals surface area contributed by atoms with Gasteiger partial charge >= 0.3 is 0 Å². The van der Waals surface area contributed by atoms with Crippen LogP contribution in [0.15, 0.2) is 24.3 Å². The van der Waals surface area contributed by atoms with Crippen LogP contribution in [-0.4, -0.2) is 12.4 Å². The molecular formula is C22H34O2. The number of hydrogen-bond donors (Lipinski definition) is 0. The van der Waals surface area contributed by atoms with Crippen LogP contribution in [0.1, 0.15) is 89.5 Å². The average molecular weight is 331 g/mol. The van der Waals surface area contributed by atoms with Gasteiger partial charge in [0.15, 0.2) is 0 Å². The van der Waals surface area contributed by atoms with Gasteiger partial charge in [0.2, 0.25) is 0 Å². The summed E-state index contributed by atoms with van der Waals surface area (Å²) in [6.07, 6.45) is 12.0. The molecule has 0 N–H and O–H groups in total. The fourth-order valence-corrected chi connectivity index (χ4v) is 3.60. The summed E-state index contributed by atoms with van der Waals surface area (Å²) in [7, 11) is 0. The van der Waals surface area contributed by atoms with Gasteiger partial charge in [-0.15, -0.1) is 0 Å². The zero-order valence-corrected chi connectivity index (χ0v) is 15.6. The maximum Gasteiger partial charge on any atom is 0.140 e. The minimum Gasteiger partial charge on any atom is -0.494 e. The highest BCUT2D eigenvalue weighted by Gasteiger charge is 2.27.